The van der Waals surface area contributed by atoms with Crippen LogP contribution in [0.2, 0.25) is 0 Å². The van der Waals surface area contributed by atoms with Crippen molar-refractivity contribution in [3.63, 3.8) is 0 Å². The van der Waals surface area contributed by atoms with Crippen molar-refractivity contribution >= 4 is 41.8 Å². The van der Waals surface area contributed by atoms with Crippen LogP contribution in [-0.4, -0.2) is 124 Å². The molecule has 0 saturated heterocycles. The van der Waals surface area contributed by atoms with Crippen molar-refractivity contribution in [3.05, 3.63) is 11.9 Å². The smallest absolute Gasteiger partial charge is 0.326 e. The molecular formula is C31H52N8O13. The van der Waals surface area contributed by atoms with Gasteiger partial charge in [-0.2, -0.15) is 0 Å². The Kier molecular flexibility index (Phi) is 21.8. The van der Waals surface area contributed by atoms with Crippen molar-refractivity contribution in [1.82, 2.24) is 36.3 Å². The summed E-state index contributed by atoms with van der Waals surface area (Å²) in [6.07, 6.45) is 5.12. The van der Waals surface area contributed by atoms with Gasteiger partial charge in [-0.05, 0) is 64.2 Å². The molecule has 0 aromatic carbocycles. The third-order valence-corrected chi connectivity index (χ3v) is 7.88. The molecule has 3 amide bonds. The van der Waals surface area contributed by atoms with Gasteiger partial charge in [0.2, 0.25) is 5.91 Å². The van der Waals surface area contributed by atoms with Gasteiger partial charge in [0.25, 0.3) is 0 Å². The van der Waals surface area contributed by atoms with Crippen molar-refractivity contribution < 1.29 is 64.2 Å². The number of aliphatic hydroxyl groups is 1. The summed E-state index contributed by atoms with van der Waals surface area (Å²) < 4.78 is 1.54. The minimum atomic E-state index is -1.50. The number of unbranched alkanes of at least 4 members (excludes halogenated alkanes) is 5. The topological polar surface area (TPSA) is 346 Å². The number of nitrogens with one attached hydrogen (secondary N) is 4. The maximum Gasteiger partial charge on any atom is 0.326 e. The summed E-state index contributed by atoms with van der Waals surface area (Å²) in [7, 11) is 0. The minimum absolute atomic E-state index is 0.0131. The Balaban J connectivity index is 2.19. The molecule has 0 aliphatic heterocycles. The van der Waals surface area contributed by atoms with Gasteiger partial charge in [0.1, 0.15) is 30.4 Å². The molecule has 0 radical (unpaired) electrons. The van der Waals surface area contributed by atoms with Crippen LogP contribution in [0, 0.1) is 0 Å². The number of carbonyl (C=O) groups excluding carboxylic acids is 2. The van der Waals surface area contributed by atoms with E-state index in [0.29, 0.717) is 70.0 Å². The number of carboxylic acid groups (broad SMARTS) is 5. The zero-order valence-electron chi connectivity index (χ0n) is 28.9. The van der Waals surface area contributed by atoms with Crippen molar-refractivity contribution in [2.75, 3.05) is 6.54 Å². The van der Waals surface area contributed by atoms with Crippen LogP contribution in [0.25, 0.3) is 0 Å². The summed E-state index contributed by atoms with van der Waals surface area (Å²) in [5.41, 5.74) is 5.94. The number of urea groups is 1. The van der Waals surface area contributed by atoms with Gasteiger partial charge < -0.3 is 52.3 Å². The van der Waals surface area contributed by atoms with Crippen LogP contribution in [0.4, 0.5) is 4.79 Å². The zero-order valence-corrected chi connectivity index (χ0v) is 28.9. The zero-order chi connectivity index (χ0) is 39.1. The summed E-state index contributed by atoms with van der Waals surface area (Å²) in [4.78, 5) is 80.1. The predicted molar refractivity (Wildman–Crippen MR) is 180 cm³/mol. The lowest BCUT2D eigenvalue weighted by Crippen LogP contribution is -2.51. The molecular weight excluding hydrogens is 692 g/mol. The lowest BCUT2D eigenvalue weighted by molar-refractivity contribution is -0.142. The van der Waals surface area contributed by atoms with Gasteiger partial charge >= 0.3 is 35.9 Å². The first-order chi connectivity index (χ1) is 24.6. The Morgan fingerprint density at radius 2 is 1.27 bits per heavy atom. The van der Waals surface area contributed by atoms with Gasteiger partial charge in [-0.15, -0.1) is 5.10 Å². The number of nitrogens with zero attached hydrogens (tertiary/aromatic N) is 3. The number of carboxylic acids is 5. The molecule has 21 heteroatoms. The summed E-state index contributed by atoms with van der Waals surface area (Å²) >= 11 is 0. The molecule has 0 saturated carbocycles. The number of hydrogen-bond acceptors (Lipinski definition) is 12. The highest BCUT2D eigenvalue weighted by Gasteiger charge is 2.25. The molecule has 294 valence electrons. The quantitative estimate of drug-likeness (QED) is 0.0348. The Morgan fingerprint density at radius 3 is 1.88 bits per heavy atom. The number of aryl methyl sites for hydroxylation is 1. The molecule has 0 aliphatic rings. The highest BCUT2D eigenvalue weighted by Crippen LogP contribution is 2.10. The molecule has 52 heavy (non-hydrogen) atoms. The van der Waals surface area contributed by atoms with Gasteiger partial charge in [0, 0.05) is 38.5 Å². The van der Waals surface area contributed by atoms with E-state index in [9.17, 15) is 48.9 Å². The van der Waals surface area contributed by atoms with E-state index in [1.54, 1.807) is 6.20 Å². The lowest BCUT2D eigenvalue weighted by atomic mass is 10.1. The second kappa shape index (κ2) is 25.1. The summed E-state index contributed by atoms with van der Waals surface area (Å²) in [5.74, 6) is -6.45. The normalized spacial score (nSPS) is 14.0. The van der Waals surface area contributed by atoms with Crippen molar-refractivity contribution in [1.29, 1.82) is 0 Å². The van der Waals surface area contributed by atoms with Crippen molar-refractivity contribution in [2.24, 2.45) is 5.73 Å². The van der Waals surface area contributed by atoms with Crippen molar-refractivity contribution in [3.8, 4) is 0 Å². The van der Waals surface area contributed by atoms with E-state index < -0.39 is 72.7 Å². The summed E-state index contributed by atoms with van der Waals surface area (Å²) in [6.45, 7) is 0.732. The number of aliphatic carboxylic acids is 5. The van der Waals surface area contributed by atoms with Crippen LogP contribution < -0.4 is 27.0 Å². The van der Waals surface area contributed by atoms with Gasteiger partial charge in [-0.1, -0.05) is 18.1 Å². The van der Waals surface area contributed by atoms with Crippen LogP contribution >= 0.6 is 0 Å². The first-order valence-electron chi connectivity index (χ1n) is 17.1. The fourth-order valence-electron chi connectivity index (χ4n) is 4.98. The van der Waals surface area contributed by atoms with E-state index in [-0.39, 0.29) is 44.6 Å². The van der Waals surface area contributed by atoms with E-state index in [1.165, 1.54) is 4.68 Å². The van der Waals surface area contributed by atoms with E-state index in [4.69, 9.17) is 21.1 Å². The van der Waals surface area contributed by atoms with Gasteiger partial charge in [-0.25, -0.2) is 14.4 Å². The van der Waals surface area contributed by atoms with Gasteiger partial charge in [-0.3, -0.25) is 29.2 Å². The predicted octanol–water partition coefficient (Wildman–Crippen LogP) is -0.538. The number of rotatable bonds is 30. The lowest BCUT2D eigenvalue weighted by Gasteiger charge is -2.19. The Hall–Kier alpha value is -4.89. The molecule has 1 aromatic heterocycles. The first-order valence-corrected chi connectivity index (χ1v) is 17.1. The third-order valence-electron chi connectivity index (χ3n) is 7.88. The molecule has 1 heterocycles. The minimum Gasteiger partial charge on any atom is -0.481 e. The Morgan fingerprint density at radius 1 is 0.692 bits per heavy atom. The number of nitrogens with two attached hydrogens (primary N) is 1. The molecule has 0 fully saturated rings. The first kappa shape index (κ1) is 45.1. The molecule has 0 spiro atoms. The van der Waals surface area contributed by atoms with Crippen LogP contribution in [-0.2, 0) is 41.7 Å². The fraction of sp³-hybridized carbons (Fsp3) is 0.710. The Labute approximate surface area is 299 Å². The summed E-state index contributed by atoms with van der Waals surface area (Å²) in [6, 6.07) is -5.90. The average molecular weight is 745 g/mol. The third kappa shape index (κ3) is 20.7. The van der Waals surface area contributed by atoms with E-state index in [1.807, 2.05) is 0 Å². The maximum absolute atomic E-state index is 12.1. The molecule has 1 aromatic rings. The van der Waals surface area contributed by atoms with Crippen molar-refractivity contribution in [2.45, 2.75) is 133 Å². The van der Waals surface area contributed by atoms with E-state index in [2.05, 4.69) is 31.6 Å². The summed E-state index contributed by atoms with van der Waals surface area (Å²) in [5, 5.41) is 73.4. The number of carbonyl (C=O) groups is 7. The molecule has 21 nitrogen and oxygen atoms in total. The number of aromatic nitrogens is 3. The van der Waals surface area contributed by atoms with Crippen LogP contribution in [0.3, 0.4) is 0 Å². The number of amides is 3. The number of hydrogen-bond donors (Lipinski definition) is 11. The van der Waals surface area contributed by atoms with E-state index in [0.717, 1.165) is 0 Å². The highest BCUT2D eigenvalue weighted by atomic mass is 16.4. The molecule has 5 atom stereocenters. The van der Waals surface area contributed by atoms with E-state index >= 15 is 0 Å². The molecule has 12 N–H and O–H groups in total. The average Bonchev–Trinajstić information content (AvgIpc) is 3.51. The van der Waals surface area contributed by atoms with Crippen LogP contribution in [0.5, 0.6) is 0 Å². The van der Waals surface area contributed by atoms with Gasteiger partial charge in [0.05, 0.1) is 5.69 Å². The van der Waals surface area contributed by atoms with Crippen LogP contribution in [0.1, 0.15) is 95.6 Å². The molecule has 5 unspecified atom stereocenters. The second-order valence-electron chi connectivity index (χ2n) is 12.3. The number of aliphatic hydroxyl groups excluding tert-OH is 1. The second-order valence-corrected chi connectivity index (χ2v) is 12.3. The monoisotopic (exact) mass is 744 g/mol. The molecule has 0 aliphatic carbocycles. The fourth-order valence-corrected chi connectivity index (χ4v) is 4.98. The maximum atomic E-state index is 12.1. The standard InChI is InChI=1S/C31H52N8O13/c32-20(27(44)45)17-19-18-39(38-37-19)16-8-6-10-21(28(46)47)34-25(41)12-4-2-1-3-11-24(40)33-15-7-5-9-22(29(48)49)35-31(52)36-23(30(50)51)13-14-26(42)43/h18,20-23,25,34,41H,1-17,32H2,(H,33,40)(H,42,43)(H,44,45)(H,46,47)(H,48,49)(H,50,51)(H2,35,36,52). The van der Waals surface area contributed by atoms with Gasteiger partial charge in [0.15, 0.2) is 0 Å². The highest BCUT2D eigenvalue weighted by molar-refractivity contribution is 5.86. The SMILES string of the molecule is NC(Cc1cn(CCCCC(NC(O)CCCCCCC(=O)NCCCCC(NC(=O)NC(CCC(=O)O)C(=O)O)C(=O)O)C(=O)O)nn1)C(=O)O. The van der Waals surface area contributed by atoms with Crippen LogP contribution in [0.15, 0.2) is 6.20 Å². The molecule has 1 rings (SSSR count). The molecule has 0 bridgehead atoms. The largest absolute Gasteiger partial charge is 0.481 e. The Bertz CT molecular complexity index is 1310.